The van der Waals surface area contributed by atoms with E-state index < -0.39 is 21.8 Å². The number of sulfonamides is 1. The molecule has 0 aliphatic carbocycles. The number of amides is 2. The molecule has 4 rings (SSSR count). The number of rotatable bonds is 9. The van der Waals surface area contributed by atoms with Gasteiger partial charge in [-0.3, -0.25) is 29.7 Å². The summed E-state index contributed by atoms with van der Waals surface area (Å²) in [5.74, 6) is 0.261. The van der Waals surface area contributed by atoms with Gasteiger partial charge in [-0.15, -0.1) is 10.2 Å². The lowest BCUT2D eigenvalue weighted by Crippen LogP contribution is -2.42. The first-order chi connectivity index (χ1) is 18.6. The summed E-state index contributed by atoms with van der Waals surface area (Å²) >= 11 is 1.14. The average molecular weight is 567 g/mol. The third-order valence-corrected chi connectivity index (χ3v) is 6.91. The molecule has 202 valence electrons. The first-order valence-electron chi connectivity index (χ1n) is 11.6. The van der Waals surface area contributed by atoms with Crippen molar-refractivity contribution in [1.82, 2.24) is 25.6 Å². The van der Waals surface area contributed by atoms with Gasteiger partial charge in [-0.05, 0) is 67.6 Å². The standard InChI is InChI=1S/C26H26N6O5S2/c1-17-4-6-19(7-5-17)25(34)29-27-23(33)16-38-26-30-28-24(32(26)21-12-14-22(37-2)15-13-21)18-8-10-20(11-9-18)31-39(3,35)36/h4-15,31H,16H2,1-3H3,(H,27,33)(H,29,34). The normalized spacial score (nSPS) is 11.1. The lowest BCUT2D eigenvalue weighted by Gasteiger charge is -2.12. The van der Waals surface area contributed by atoms with Crippen LogP contribution in [0.4, 0.5) is 5.69 Å². The highest BCUT2D eigenvalue weighted by Gasteiger charge is 2.18. The van der Waals surface area contributed by atoms with Gasteiger partial charge >= 0.3 is 0 Å². The van der Waals surface area contributed by atoms with Crippen LogP contribution < -0.4 is 20.3 Å². The number of carbonyl (C=O) groups excluding carboxylic acids is 2. The smallest absolute Gasteiger partial charge is 0.269 e. The van der Waals surface area contributed by atoms with Crippen LogP contribution in [0.25, 0.3) is 17.1 Å². The number of anilines is 1. The Hall–Kier alpha value is -4.36. The number of thioether (sulfide) groups is 1. The van der Waals surface area contributed by atoms with Crippen molar-refractivity contribution in [2.24, 2.45) is 0 Å². The van der Waals surface area contributed by atoms with Crippen LogP contribution in [0.5, 0.6) is 5.75 Å². The highest BCUT2D eigenvalue weighted by Crippen LogP contribution is 2.29. The largest absolute Gasteiger partial charge is 0.497 e. The van der Waals surface area contributed by atoms with E-state index in [-0.39, 0.29) is 5.75 Å². The second-order valence-electron chi connectivity index (χ2n) is 8.45. The first-order valence-corrected chi connectivity index (χ1v) is 14.5. The van der Waals surface area contributed by atoms with E-state index in [1.54, 1.807) is 60.2 Å². The number of carbonyl (C=O) groups is 2. The van der Waals surface area contributed by atoms with Crippen molar-refractivity contribution in [3.05, 3.63) is 83.9 Å². The minimum atomic E-state index is -3.41. The number of hydrogen-bond acceptors (Lipinski definition) is 8. The van der Waals surface area contributed by atoms with Crippen molar-refractivity contribution in [2.45, 2.75) is 12.1 Å². The van der Waals surface area contributed by atoms with Gasteiger partial charge in [0.1, 0.15) is 5.75 Å². The molecule has 39 heavy (non-hydrogen) atoms. The zero-order chi connectivity index (χ0) is 28.0. The summed E-state index contributed by atoms with van der Waals surface area (Å²) in [6.45, 7) is 1.92. The Morgan fingerprint density at radius 3 is 2.21 bits per heavy atom. The third-order valence-electron chi connectivity index (χ3n) is 5.37. The second kappa shape index (κ2) is 12.0. The SMILES string of the molecule is COc1ccc(-n2c(SCC(=O)NNC(=O)c3ccc(C)cc3)nnc2-c2ccc(NS(C)(=O)=O)cc2)cc1. The van der Waals surface area contributed by atoms with Crippen molar-refractivity contribution in [2.75, 3.05) is 23.8 Å². The van der Waals surface area contributed by atoms with E-state index in [4.69, 9.17) is 4.74 Å². The molecule has 3 aromatic carbocycles. The molecule has 0 fully saturated rings. The average Bonchev–Trinajstić information content (AvgIpc) is 3.34. The molecule has 0 saturated heterocycles. The molecule has 0 spiro atoms. The van der Waals surface area contributed by atoms with Crippen molar-refractivity contribution >= 4 is 39.3 Å². The molecule has 0 saturated carbocycles. The second-order valence-corrected chi connectivity index (χ2v) is 11.1. The maximum absolute atomic E-state index is 12.5. The minimum Gasteiger partial charge on any atom is -0.497 e. The molecule has 11 nitrogen and oxygen atoms in total. The zero-order valence-corrected chi connectivity index (χ0v) is 23.0. The molecule has 0 aliphatic rings. The van der Waals surface area contributed by atoms with Crippen molar-refractivity contribution in [3.63, 3.8) is 0 Å². The van der Waals surface area contributed by atoms with Gasteiger partial charge in [-0.2, -0.15) is 0 Å². The van der Waals surface area contributed by atoms with Crippen LogP contribution in [0, 0.1) is 6.92 Å². The first kappa shape index (κ1) is 27.7. The molecule has 0 bridgehead atoms. The van der Waals surface area contributed by atoms with Crippen LogP contribution in [0.3, 0.4) is 0 Å². The van der Waals surface area contributed by atoms with E-state index in [1.807, 2.05) is 31.2 Å². The topological polar surface area (TPSA) is 144 Å². The number of nitrogens with zero attached hydrogens (tertiary/aromatic N) is 3. The van der Waals surface area contributed by atoms with Gasteiger partial charge in [0.2, 0.25) is 15.9 Å². The highest BCUT2D eigenvalue weighted by atomic mass is 32.2. The van der Waals surface area contributed by atoms with Gasteiger partial charge in [0.25, 0.3) is 5.91 Å². The van der Waals surface area contributed by atoms with Crippen molar-refractivity contribution in [1.29, 1.82) is 0 Å². The molecule has 0 unspecified atom stereocenters. The van der Waals surface area contributed by atoms with Gasteiger partial charge in [-0.1, -0.05) is 29.5 Å². The maximum Gasteiger partial charge on any atom is 0.269 e. The molecular weight excluding hydrogens is 540 g/mol. The Morgan fingerprint density at radius 1 is 0.923 bits per heavy atom. The zero-order valence-electron chi connectivity index (χ0n) is 21.3. The van der Waals surface area contributed by atoms with Crippen molar-refractivity contribution in [3.8, 4) is 22.8 Å². The molecule has 0 aliphatic heterocycles. The number of methoxy groups -OCH3 is 1. The molecule has 0 radical (unpaired) electrons. The van der Waals surface area contributed by atoms with E-state index >= 15 is 0 Å². The number of benzene rings is 3. The predicted molar refractivity (Wildman–Crippen MR) is 149 cm³/mol. The van der Waals surface area contributed by atoms with E-state index in [9.17, 15) is 18.0 Å². The fourth-order valence-corrected chi connectivity index (χ4v) is 4.80. The van der Waals surface area contributed by atoms with Crippen molar-refractivity contribution < 1.29 is 22.7 Å². The Bertz CT molecular complexity index is 1570. The molecule has 13 heteroatoms. The summed E-state index contributed by atoms with van der Waals surface area (Å²) in [5, 5.41) is 9.05. The van der Waals surface area contributed by atoms with E-state index in [1.165, 1.54) is 0 Å². The van der Waals surface area contributed by atoms with Gasteiger partial charge in [0.15, 0.2) is 11.0 Å². The van der Waals surface area contributed by atoms with E-state index in [0.717, 1.165) is 29.3 Å². The summed E-state index contributed by atoms with van der Waals surface area (Å²) in [4.78, 5) is 24.8. The number of ether oxygens (including phenoxy) is 1. The fourth-order valence-electron chi connectivity index (χ4n) is 3.49. The van der Waals surface area contributed by atoms with Crippen LogP contribution in [0.1, 0.15) is 15.9 Å². The van der Waals surface area contributed by atoms with Crippen LogP contribution in [-0.4, -0.2) is 54.1 Å². The molecule has 0 atom stereocenters. The molecule has 1 aromatic heterocycles. The van der Waals surface area contributed by atoms with Gasteiger partial charge < -0.3 is 4.74 Å². The maximum atomic E-state index is 12.5. The molecular formula is C26H26N6O5S2. The Morgan fingerprint density at radius 2 is 1.59 bits per heavy atom. The van der Waals surface area contributed by atoms with Gasteiger partial charge in [0, 0.05) is 22.5 Å². The van der Waals surface area contributed by atoms with E-state index in [2.05, 4.69) is 25.8 Å². The number of aromatic nitrogens is 3. The summed E-state index contributed by atoms with van der Waals surface area (Å²) in [6.07, 6.45) is 1.08. The lowest BCUT2D eigenvalue weighted by atomic mass is 10.1. The fraction of sp³-hybridized carbons (Fsp3) is 0.154. The van der Waals surface area contributed by atoms with E-state index in [0.29, 0.717) is 33.5 Å². The minimum absolute atomic E-state index is 0.0420. The highest BCUT2D eigenvalue weighted by molar-refractivity contribution is 7.99. The summed E-state index contributed by atoms with van der Waals surface area (Å²) in [7, 11) is -1.84. The Balaban J connectivity index is 1.52. The van der Waals surface area contributed by atoms with Crippen LogP contribution in [-0.2, 0) is 14.8 Å². The lowest BCUT2D eigenvalue weighted by molar-refractivity contribution is -0.119. The van der Waals surface area contributed by atoms with Gasteiger partial charge in [-0.25, -0.2) is 8.42 Å². The molecule has 1 heterocycles. The molecule has 4 aromatic rings. The van der Waals surface area contributed by atoms with Crippen LogP contribution in [0.15, 0.2) is 78.0 Å². The Labute approximate surface area is 230 Å². The molecule has 3 N–H and O–H groups in total. The molecule has 2 amide bonds. The summed E-state index contributed by atoms with van der Waals surface area (Å²) < 4.78 is 32.5. The summed E-state index contributed by atoms with van der Waals surface area (Å²) in [6, 6.07) is 20.9. The number of hydrazine groups is 1. The van der Waals surface area contributed by atoms with Crippen LogP contribution >= 0.6 is 11.8 Å². The van der Waals surface area contributed by atoms with Gasteiger partial charge in [0.05, 0.1) is 19.1 Å². The monoisotopic (exact) mass is 566 g/mol. The number of aryl methyl sites for hydroxylation is 1. The number of hydrogen-bond donors (Lipinski definition) is 3. The quantitative estimate of drug-likeness (QED) is 0.207. The Kier molecular flexibility index (Phi) is 8.52. The predicted octanol–water partition coefficient (Wildman–Crippen LogP) is 3.18. The summed E-state index contributed by atoms with van der Waals surface area (Å²) in [5.41, 5.74) is 8.09. The number of nitrogens with one attached hydrogen (secondary N) is 3. The third kappa shape index (κ3) is 7.36. The van der Waals surface area contributed by atoms with Crippen LogP contribution in [0.2, 0.25) is 0 Å².